The molecule has 2 aromatic heterocycles. The van der Waals surface area contributed by atoms with Gasteiger partial charge in [0.05, 0.1) is 11.0 Å². The van der Waals surface area contributed by atoms with Crippen LogP contribution in [-0.4, -0.2) is 14.4 Å². The van der Waals surface area contributed by atoms with Crippen LogP contribution in [0.1, 0.15) is 5.56 Å². The number of halogens is 1. The summed E-state index contributed by atoms with van der Waals surface area (Å²) in [5, 5.41) is 0. The van der Waals surface area contributed by atoms with Gasteiger partial charge >= 0.3 is 0 Å². The van der Waals surface area contributed by atoms with Crippen LogP contribution in [-0.2, 0) is 0 Å². The minimum atomic E-state index is 0.909. The molecule has 0 bridgehead atoms. The van der Waals surface area contributed by atoms with Crippen LogP contribution in [0.15, 0.2) is 59.2 Å². The van der Waals surface area contributed by atoms with Crippen LogP contribution in [0.3, 0.4) is 0 Å². The van der Waals surface area contributed by atoms with Gasteiger partial charge in [0, 0.05) is 16.2 Å². The van der Waals surface area contributed by atoms with Crippen molar-refractivity contribution in [2.45, 2.75) is 6.92 Å². The lowest BCUT2D eigenvalue weighted by Gasteiger charge is -2.05. The Morgan fingerprint density at radius 3 is 2.62 bits per heavy atom. The Hall–Kier alpha value is -2.20. The highest BCUT2D eigenvalue weighted by Crippen LogP contribution is 2.25. The van der Waals surface area contributed by atoms with Crippen molar-refractivity contribution in [3.8, 4) is 11.4 Å². The van der Waals surface area contributed by atoms with E-state index in [9.17, 15) is 0 Å². The summed E-state index contributed by atoms with van der Waals surface area (Å²) < 4.78 is 3.17. The maximum Gasteiger partial charge on any atom is 0.146 e. The van der Waals surface area contributed by atoms with Crippen molar-refractivity contribution in [3.63, 3.8) is 0 Å². The summed E-state index contributed by atoms with van der Waals surface area (Å²) in [6.07, 6.45) is 1.81. The van der Waals surface area contributed by atoms with Crippen LogP contribution in [0.5, 0.6) is 0 Å². The molecule has 4 rings (SSSR count). The fraction of sp³-hybridized carbons (Fsp3) is 0.0588. The molecule has 0 unspecified atom stereocenters. The van der Waals surface area contributed by atoms with Crippen molar-refractivity contribution in [1.82, 2.24) is 14.4 Å². The number of aryl methyl sites for hydroxylation is 1. The van der Waals surface area contributed by atoms with Gasteiger partial charge in [-0.25, -0.2) is 9.97 Å². The van der Waals surface area contributed by atoms with Gasteiger partial charge in [-0.1, -0.05) is 34.1 Å². The number of nitrogens with zero attached hydrogens (tertiary/aromatic N) is 3. The van der Waals surface area contributed by atoms with Crippen LogP contribution in [0.2, 0.25) is 0 Å². The van der Waals surface area contributed by atoms with Crippen LogP contribution < -0.4 is 0 Å². The molecule has 0 N–H and O–H groups in total. The van der Waals surface area contributed by atoms with Crippen molar-refractivity contribution in [2.75, 3.05) is 0 Å². The highest BCUT2D eigenvalue weighted by atomic mass is 79.9. The molecule has 0 fully saturated rings. The zero-order chi connectivity index (χ0) is 14.4. The SMILES string of the molecule is Cc1ccc2c(c1)nc1ccnc(-c3ccc(Br)cc3)n12. The molecule has 2 heterocycles. The Bertz CT molecular complexity index is 955. The third kappa shape index (κ3) is 2.03. The van der Waals surface area contributed by atoms with E-state index >= 15 is 0 Å². The van der Waals surface area contributed by atoms with E-state index in [1.54, 1.807) is 0 Å². The van der Waals surface area contributed by atoms with E-state index in [1.807, 2.05) is 24.4 Å². The van der Waals surface area contributed by atoms with Crippen molar-refractivity contribution in [2.24, 2.45) is 0 Å². The maximum atomic E-state index is 4.69. The zero-order valence-corrected chi connectivity index (χ0v) is 13.0. The Balaban J connectivity index is 2.09. The molecule has 0 saturated heterocycles. The van der Waals surface area contributed by atoms with Gasteiger partial charge in [-0.15, -0.1) is 0 Å². The number of benzene rings is 2. The van der Waals surface area contributed by atoms with Gasteiger partial charge < -0.3 is 0 Å². The first kappa shape index (κ1) is 12.5. The third-order valence-corrected chi connectivity index (χ3v) is 4.10. The minimum Gasteiger partial charge on any atom is -0.276 e. The third-order valence-electron chi connectivity index (χ3n) is 3.57. The van der Waals surface area contributed by atoms with Gasteiger partial charge in [-0.3, -0.25) is 4.40 Å². The lowest BCUT2D eigenvalue weighted by atomic mass is 10.2. The second-order valence-electron chi connectivity index (χ2n) is 5.07. The van der Waals surface area contributed by atoms with Crippen LogP contribution in [0.4, 0.5) is 0 Å². The predicted octanol–water partition coefficient (Wildman–Crippen LogP) is 4.62. The maximum absolute atomic E-state index is 4.69. The molecule has 102 valence electrons. The highest BCUT2D eigenvalue weighted by Gasteiger charge is 2.10. The summed E-state index contributed by atoms with van der Waals surface area (Å²) in [7, 11) is 0. The largest absolute Gasteiger partial charge is 0.276 e. The summed E-state index contributed by atoms with van der Waals surface area (Å²) in [6.45, 7) is 2.08. The van der Waals surface area contributed by atoms with Gasteiger partial charge in [0.2, 0.25) is 0 Å². The van der Waals surface area contributed by atoms with E-state index in [1.165, 1.54) is 5.56 Å². The quantitative estimate of drug-likeness (QED) is 0.507. The molecule has 0 atom stereocenters. The average Bonchev–Trinajstić information content (AvgIpc) is 2.85. The van der Waals surface area contributed by atoms with Crippen molar-refractivity contribution in [3.05, 3.63) is 64.8 Å². The standard InChI is InChI=1S/C17H12BrN3/c1-11-2-7-15-14(10-11)20-16-8-9-19-17(21(15)16)12-3-5-13(18)6-4-12/h2-10H,1H3. The summed E-state index contributed by atoms with van der Waals surface area (Å²) in [5.74, 6) is 0.909. The second kappa shape index (κ2) is 4.67. The molecule has 0 aliphatic heterocycles. The molecular weight excluding hydrogens is 326 g/mol. The summed E-state index contributed by atoms with van der Waals surface area (Å²) in [6, 6.07) is 16.4. The van der Waals surface area contributed by atoms with Crippen molar-refractivity contribution < 1.29 is 0 Å². The first-order valence-corrected chi connectivity index (χ1v) is 7.51. The summed E-state index contributed by atoms with van der Waals surface area (Å²) in [4.78, 5) is 9.25. The second-order valence-corrected chi connectivity index (χ2v) is 5.99. The van der Waals surface area contributed by atoms with Gasteiger partial charge in [0.25, 0.3) is 0 Å². The van der Waals surface area contributed by atoms with Crippen LogP contribution >= 0.6 is 15.9 Å². The topological polar surface area (TPSA) is 30.2 Å². The fourth-order valence-corrected chi connectivity index (χ4v) is 2.84. The Labute approximate surface area is 130 Å². The van der Waals surface area contributed by atoms with Crippen LogP contribution in [0, 0.1) is 6.92 Å². The van der Waals surface area contributed by atoms with Gasteiger partial charge in [0.1, 0.15) is 11.5 Å². The normalized spacial score (nSPS) is 11.3. The highest BCUT2D eigenvalue weighted by molar-refractivity contribution is 9.10. The molecule has 0 amide bonds. The van der Waals surface area contributed by atoms with Gasteiger partial charge in [-0.05, 0) is 42.8 Å². The average molecular weight is 338 g/mol. The number of imidazole rings is 1. The molecule has 0 spiro atoms. The van der Waals surface area contributed by atoms with Crippen LogP contribution in [0.25, 0.3) is 28.1 Å². The van der Waals surface area contributed by atoms with E-state index in [0.29, 0.717) is 0 Å². The molecule has 0 aliphatic carbocycles. The van der Waals surface area contributed by atoms with Gasteiger partial charge in [-0.2, -0.15) is 0 Å². The minimum absolute atomic E-state index is 0.909. The number of hydrogen-bond acceptors (Lipinski definition) is 2. The number of hydrogen-bond donors (Lipinski definition) is 0. The van der Waals surface area contributed by atoms with E-state index < -0.39 is 0 Å². The lowest BCUT2D eigenvalue weighted by Crippen LogP contribution is -1.95. The molecule has 2 aromatic carbocycles. The molecule has 0 saturated carbocycles. The smallest absolute Gasteiger partial charge is 0.146 e. The lowest BCUT2D eigenvalue weighted by molar-refractivity contribution is 1.12. The van der Waals surface area contributed by atoms with Gasteiger partial charge in [0.15, 0.2) is 0 Å². The number of aromatic nitrogens is 3. The molecule has 4 heteroatoms. The van der Waals surface area contributed by atoms with E-state index in [0.717, 1.165) is 32.5 Å². The van der Waals surface area contributed by atoms with Crippen molar-refractivity contribution >= 4 is 32.6 Å². The number of rotatable bonds is 1. The molecular formula is C17H12BrN3. The molecule has 3 nitrogen and oxygen atoms in total. The molecule has 0 aliphatic rings. The number of fused-ring (bicyclic) bond motifs is 3. The first-order valence-electron chi connectivity index (χ1n) is 6.72. The summed E-state index contributed by atoms with van der Waals surface area (Å²) >= 11 is 3.47. The monoisotopic (exact) mass is 337 g/mol. The van der Waals surface area contributed by atoms with E-state index in [2.05, 4.69) is 62.6 Å². The van der Waals surface area contributed by atoms with Crippen molar-refractivity contribution in [1.29, 1.82) is 0 Å². The Morgan fingerprint density at radius 1 is 1.00 bits per heavy atom. The predicted molar refractivity (Wildman–Crippen MR) is 88.4 cm³/mol. The van der Waals surface area contributed by atoms with E-state index in [4.69, 9.17) is 4.98 Å². The summed E-state index contributed by atoms with van der Waals surface area (Å²) in [5.41, 5.74) is 5.29. The van der Waals surface area contributed by atoms with E-state index in [-0.39, 0.29) is 0 Å². The molecule has 4 aromatic rings. The Morgan fingerprint density at radius 2 is 1.81 bits per heavy atom. The molecule has 0 radical (unpaired) electrons. The Kier molecular flexibility index (Phi) is 2.79. The zero-order valence-electron chi connectivity index (χ0n) is 11.4. The molecule has 21 heavy (non-hydrogen) atoms. The fourth-order valence-electron chi connectivity index (χ4n) is 2.58. The first-order chi connectivity index (χ1) is 10.2.